The van der Waals surface area contributed by atoms with Crippen molar-refractivity contribution in [3.63, 3.8) is 0 Å². The van der Waals surface area contributed by atoms with Crippen LogP contribution in [0.25, 0.3) is 10.9 Å². The Morgan fingerprint density at radius 3 is 2.59 bits per heavy atom. The van der Waals surface area contributed by atoms with Gasteiger partial charge in [-0.2, -0.15) is 0 Å². The van der Waals surface area contributed by atoms with Crippen LogP contribution >= 0.6 is 0 Å². The number of aryl methyl sites for hydroxylation is 1. The van der Waals surface area contributed by atoms with E-state index in [9.17, 15) is 9.59 Å². The SMILES string of the molecule is COc1ccc(NC(=O)[C@@H](C)OC(=O)c2c3c(nc4ccccc24)CCC3)cc1. The van der Waals surface area contributed by atoms with Gasteiger partial charge in [-0.25, -0.2) is 4.79 Å². The molecule has 6 heteroatoms. The van der Waals surface area contributed by atoms with E-state index in [0.717, 1.165) is 41.4 Å². The third-order valence-electron chi connectivity index (χ3n) is 5.13. The second-order valence-corrected chi connectivity index (χ2v) is 7.05. The van der Waals surface area contributed by atoms with Gasteiger partial charge < -0.3 is 14.8 Å². The first-order valence-electron chi connectivity index (χ1n) is 9.63. The number of ether oxygens (including phenoxy) is 2. The predicted molar refractivity (Wildman–Crippen MR) is 110 cm³/mol. The number of benzene rings is 2. The highest BCUT2D eigenvalue weighted by Crippen LogP contribution is 2.30. The van der Waals surface area contributed by atoms with Crippen molar-refractivity contribution < 1.29 is 19.1 Å². The second kappa shape index (κ2) is 7.91. The summed E-state index contributed by atoms with van der Waals surface area (Å²) in [6, 6.07) is 14.5. The molecule has 1 N–H and O–H groups in total. The van der Waals surface area contributed by atoms with Gasteiger partial charge in [0.05, 0.1) is 18.2 Å². The zero-order valence-corrected chi connectivity index (χ0v) is 16.4. The number of para-hydroxylation sites is 1. The van der Waals surface area contributed by atoms with Gasteiger partial charge in [0.2, 0.25) is 0 Å². The van der Waals surface area contributed by atoms with Crippen molar-refractivity contribution >= 4 is 28.5 Å². The van der Waals surface area contributed by atoms with E-state index in [4.69, 9.17) is 9.47 Å². The summed E-state index contributed by atoms with van der Waals surface area (Å²) >= 11 is 0. The Bertz CT molecular complexity index is 1080. The molecule has 0 radical (unpaired) electrons. The molecule has 1 aliphatic rings. The molecular formula is C23H22N2O4. The Morgan fingerprint density at radius 1 is 1.07 bits per heavy atom. The van der Waals surface area contributed by atoms with Crippen LogP contribution in [0.5, 0.6) is 5.75 Å². The van der Waals surface area contributed by atoms with Crippen molar-refractivity contribution in [2.45, 2.75) is 32.3 Å². The molecule has 0 bridgehead atoms. The zero-order valence-electron chi connectivity index (χ0n) is 16.4. The van der Waals surface area contributed by atoms with E-state index in [1.54, 1.807) is 38.3 Å². The highest BCUT2D eigenvalue weighted by atomic mass is 16.5. The van der Waals surface area contributed by atoms with E-state index in [2.05, 4.69) is 10.3 Å². The number of fused-ring (bicyclic) bond motifs is 2. The van der Waals surface area contributed by atoms with Crippen molar-refractivity contribution in [2.75, 3.05) is 12.4 Å². The maximum Gasteiger partial charge on any atom is 0.339 e. The number of aromatic nitrogens is 1. The van der Waals surface area contributed by atoms with Crippen molar-refractivity contribution in [1.29, 1.82) is 0 Å². The average Bonchev–Trinajstić information content (AvgIpc) is 3.20. The van der Waals surface area contributed by atoms with Crippen molar-refractivity contribution in [3.8, 4) is 5.75 Å². The topological polar surface area (TPSA) is 77.5 Å². The Kier molecular flexibility index (Phi) is 5.16. The van der Waals surface area contributed by atoms with Crippen LogP contribution in [-0.4, -0.2) is 30.1 Å². The molecule has 0 spiro atoms. The lowest BCUT2D eigenvalue weighted by molar-refractivity contribution is -0.123. The van der Waals surface area contributed by atoms with Crippen molar-refractivity contribution in [2.24, 2.45) is 0 Å². The Balaban J connectivity index is 1.54. The lowest BCUT2D eigenvalue weighted by Gasteiger charge is -2.16. The Morgan fingerprint density at radius 2 is 1.83 bits per heavy atom. The summed E-state index contributed by atoms with van der Waals surface area (Å²) in [5.41, 5.74) is 3.80. The Labute approximate surface area is 168 Å². The molecular weight excluding hydrogens is 368 g/mol. The number of esters is 1. The summed E-state index contributed by atoms with van der Waals surface area (Å²) in [6.45, 7) is 1.57. The van der Waals surface area contributed by atoms with Gasteiger partial charge in [-0.05, 0) is 62.1 Å². The molecule has 0 unspecified atom stereocenters. The van der Waals surface area contributed by atoms with Gasteiger partial charge in [-0.1, -0.05) is 18.2 Å². The number of methoxy groups -OCH3 is 1. The minimum Gasteiger partial charge on any atom is -0.497 e. The van der Waals surface area contributed by atoms with Gasteiger partial charge in [0.25, 0.3) is 5.91 Å². The minimum atomic E-state index is -0.936. The van der Waals surface area contributed by atoms with Gasteiger partial charge in [0.1, 0.15) is 5.75 Å². The maximum absolute atomic E-state index is 13.0. The van der Waals surface area contributed by atoms with Crippen LogP contribution in [0.15, 0.2) is 48.5 Å². The highest BCUT2D eigenvalue weighted by Gasteiger charge is 2.27. The summed E-state index contributed by atoms with van der Waals surface area (Å²) in [6.07, 6.45) is 1.68. The molecule has 1 aromatic heterocycles. The molecule has 29 heavy (non-hydrogen) atoms. The monoisotopic (exact) mass is 390 g/mol. The minimum absolute atomic E-state index is 0.390. The number of carbonyl (C=O) groups excluding carboxylic acids is 2. The summed E-state index contributed by atoms with van der Waals surface area (Å²) in [7, 11) is 1.58. The van der Waals surface area contributed by atoms with Crippen LogP contribution in [0.4, 0.5) is 5.69 Å². The van der Waals surface area contributed by atoms with E-state index in [-0.39, 0.29) is 0 Å². The van der Waals surface area contributed by atoms with Crippen LogP contribution in [-0.2, 0) is 22.4 Å². The van der Waals surface area contributed by atoms with Gasteiger partial charge in [-0.3, -0.25) is 9.78 Å². The lowest BCUT2D eigenvalue weighted by atomic mass is 10.0. The number of carbonyl (C=O) groups is 2. The van der Waals surface area contributed by atoms with Crippen LogP contribution in [0.1, 0.15) is 35.0 Å². The summed E-state index contributed by atoms with van der Waals surface area (Å²) in [5.74, 6) is -0.182. The van der Waals surface area contributed by atoms with E-state index >= 15 is 0 Å². The van der Waals surface area contributed by atoms with E-state index in [1.807, 2.05) is 24.3 Å². The largest absolute Gasteiger partial charge is 0.497 e. The number of nitrogens with one attached hydrogen (secondary N) is 1. The molecule has 3 aromatic rings. The van der Waals surface area contributed by atoms with E-state index < -0.39 is 18.0 Å². The molecule has 4 rings (SSSR count). The van der Waals surface area contributed by atoms with Gasteiger partial charge in [0, 0.05) is 16.8 Å². The quantitative estimate of drug-likeness (QED) is 0.668. The van der Waals surface area contributed by atoms with E-state index in [0.29, 0.717) is 17.0 Å². The molecule has 6 nitrogen and oxygen atoms in total. The molecule has 1 heterocycles. The Hall–Kier alpha value is -3.41. The first-order valence-corrected chi connectivity index (χ1v) is 9.63. The fourth-order valence-electron chi connectivity index (χ4n) is 3.64. The number of amides is 1. The third kappa shape index (κ3) is 3.78. The standard InChI is InChI=1S/C23H22N2O4/c1-14(22(26)24-15-10-12-16(28-2)13-11-15)29-23(27)21-17-6-3-4-8-19(17)25-20-9-5-7-18(20)21/h3-4,6,8,10-14H,5,7,9H2,1-2H3,(H,24,26)/t14-/m1/s1. The molecule has 0 aliphatic heterocycles. The highest BCUT2D eigenvalue weighted by molar-refractivity contribution is 6.06. The molecule has 148 valence electrons. The number of hydrogen-bond donors (Lipinski definition) is 1. The van der Waals surface area contributed by atoms with Gasteiger partial charge in [0.15, 0.2) is 6.10 Å². The first-order chi connectivity index (χ1) is 14.1. The smallest absolute Gasteiger partial charge is 0.339 e. The first kappa shape index (κ1) is 18.9. The predicted octanol–water partition coefficient (Wildman–Crippen LogP) is 3.92. The molecule has 0 saturated heterocycles. The fraction of sp³-hybridized carbons (Fsp3) is 0.261. The third-order valence-corrected chi connectivity index (χ3v) is 5.13. The summed E-state index contributed by atoms with van der Waals surface area (Å²) < 4.78 is 10.7. The van der Waals surface area contributed by atoms with Crippen molar-refractivity contribution in [3.05, 3.63) is 65.4 Å². The lowest BCUT2D eigenvalue weighted by Crippen LogP contribution is -2.30. The number of nitrogens with zero attached hydrogens (tertiary/aromatic N) is 1. The van der Waals surface area contributed by atoms with Crippen LogP contribution in [0.2, 0.25) is 0 Å². The maximum atomic E-state index is 13.0. The molecule has 0 saturated carbocycles. The van der Waals surface area contributed by atoms with E-state index in [1.165, 1.54) is 0 Å². The number of rotatable bonds is 5. The zero-order chi connectivity index (χ0) is 20.4. The number of anilines is 1. The number of hydrogen-bond acceptors (Lipinski definition) is 5. The van der Waals surface area contributed by atoms with Crippen LogP contribution in [0.3, 0.4) is 0 Å². The molecule has 1 aliphatic carbocycles. The van der Waals surface area contributed by atoms with Crippen LogP contribution < -0.4 is 10.1 Å². The molecule has 0 fully saturated rings. The molecule has 2 aromatic carbocycles. The fourth-order valence-corrected chi connectivity index (χ4v) is 3.64. The van der Waals surface area contributed by atoms with Crippen LogP contribution in [0, 0.1) is 0 Å². The second-order valence-electron chi connectivity index (χ2n) is 7.05. The summed E-state index contributed by atoms with van der Waals surface area (Å²) in [5, 5.41) is 3.52. The van der Waals surface area contributed by atoms with Crippen molar-refractivity contribution in [1.82, 2.24) is 4.98 Å². The molecule has 1 atom stereocenters. The summed E-state index contributed by atoms with van der Waals surface area (Å²) in [4.78, 5) is 30.2. The van der Waals surface area contributed by atoms with Gasteiger partial charge in [-0.15, -0.1) is 0 Å². The van der Waals surface area contributed by atoms with Gasteiger partial charge >= 0.3 is 5.97 Å². The average molecular weight is 390 g/mol. The number of pyridine rings is 1. The molecule has 1 amide bonds. The normalized spacial score (nSPS) is 13.6.